The van der Waals surface area contributed by atoms with E-state index in [0.29, 0.717) is 12.5 Å². The third-order valence-electron chi connectivity index (χ3n) is 4.23. The Kier molecular flexibility index (Phi) is 5.08. The molecule has 1 saturated heterocycles. The Morgan fingerprint density at radius 2 is 2.15 bits per heavy atom. The smallest absolute Gasteiger partial charge is 0.383 e. The van der Waals surface area contributed by atoms with Crippen LogP contribution in [0.15, 0.2) is 30.5 Å². The molecule has 0 spiro atoms. The lowest BCUT2D eigenvalue weighted by molar-refractivity contribution is -0.138. The maximum atomic E-state index is 13.3. The van der Waals surface area contributed by atoms with Crippen molar-refractivity contribution in [3.63, 3.8) is 0 Å². The summed E-state index contributed by atoms with van der Waals surface area (Å²) in [5.74, 6) is -0.458. The lowest BCUT2D eigenvalue weighted by atomic mass is 10.0. The van der Waals surface area contributed by atoms with Crippen molar-refractivity contribution >= 4 is 17.4 Å². The number of alkyl halides is 3. The van der Waals surface area contributed by atoms with Crippen molar-refractivity contribution in [2.75, 3.05) is 30.7 Å². The molecule has 2 aromatic heterocycles. The van der Waals surface area contributed by atoms with E-state index in [9.17, 15) is 18.0 Å². The molecule has 1 aliphatic rings. The van der Waals surface area contributed by atoms with Crippen molar-refractivity contribution < 1.29 is 18.0 Å². The number of halogens is 3. The minimum atomic E-state index is -4.71. The van der Waals surface area contributed by atoms with Crippen LogP contribution in [0.5, 0.6) is 0 Å². The molecule has 0 amide bonds. The quantitative estimate of drug-likeness (QED) is 0.705. The van der Waals surface area contributed by atoms with Gasteiger partial charge in [0.2, 0.25) is 5.78 Å². The average molecular weight is 365 g/mol. The number of nitrogens with zero attached hydrogens (tertiary/aromatic N) is 2. The van der Waals surface area contributed by atoms with Gasteiger partial charge < -0.3 is 16.4 Å². The topological polar surface area (TPSA) is 92.9 Å². The molecular formula is C17H18F3N5O. The third-order valence-corrected chi connectivity index (χ3v) is 4.23. The van der Waals surface area contributed by atoms with Gasteiger partial charge in [-0.3, -0.25) is 4.79 Å². The number of hydrogen-bond donors (Lipinski definition) is 3. The fourth-order valence-corrected chi connectivity index (χ4v) is 2.83. The zero-order valence-electron chi connectivity index (χ0n) is 13.8. The first-order valence-electron chi connectivity index (χ1n) is 8.14. The lowest BCUT2D eigenvalue weighted by Gasteiger charge is -2.15. The van der Waals surface area contributed by atoms with Crippen LogP contribution in [-0.2, 0) is 6.18 Å². The molecule has 0 saturated carbocycles. The summed E-state index contributed by atoms with van der Waals surface area (Å²) in [5, 5.41) is 6.22. The summed E-state index contributed by atoms with van der Waals surface area (Å²) < 4.78 is 40.0. The summed E-state index contributed by atoms with van der Waals surface area (Å²) in [7, 11) is 0. The van der Waals surface area contributed by atoms with Crippen LogP contribution in [0.2, 0.25) is 0 Å². The number of aromatic nitrogens is 2. The molecule has 138 valence electrons. The van der Waals surface area contributed by atoms with Gasteiger partial charge in [-0.15, -0.1) is 0 Å². The number of rotatable bonds is 5. The van der Waals surface area contributed by atoms with Crippen LogP contribution in [0.4, 0.5) is 24.8 Å². The number of anilines is 2. The highest BCUT2D eigenvalue weighted by Crippen LogP contribution is 2.33. The van der Waals surface area contributed by atoms with Crippen molar-refractivity contribution in [2.45, 2.75) is 12.6 Å². The Morgan fingerprint density at radius 3 is 2.81 bits per heavy atom. The Balaban J connectivity index is 1.93. The number of nitrogens with two attached hydrogens (primary N) is 1. The Labute approximate surface area is 148 Å². The zero-order chi connectivity index (χ0) is 18.7. The van der Waals surface area contributed by atoms with E-state index in [1.807, 2.05) is 0 Å². The highest BCUT2D eigenvalue weighted by molar-refractivity contribution is 6.11. The molecule has 1 atom stereocenters. The second kappa shape index (κ2) is 7.28. The molecule has 3 heterocycles. The number of carbonyl (C=O) groups excluding carboxylic acids is 1. The molecule has 0 aliphatic carbocycles. The molecule has 26 heavy (non-hydrogen) atoms. The van der Waals surface area contributed by atoms with E-state index in [1.54, 1.807) is 0 Å². The first-order valence-corrected chi connectivity index (χ1v) is 8.14. The first-order chi connectivity index (χ1) is 12.4. The second-order valence-electron chi connectivity index (χ2n) is 6.10. The first kappa shape index (κ1) is 18.1. The Bertz CT molecular complexity index is 803. The fourth-order valence-electron chi connectivity index (χ4n) is 2.83. The zero-order valence-corrected chi connectivity index (χ0v) is 13.8. The summed E-state index contributed by atoms with van der Waals surface area (Å²) in [4.78, 5) is 20.3. The van der Waals surface area contributed by atoms with E-state index in [4.69, 9.17) is 5.73 Å². The highest BCUT2D eigenvalue weighted by atomic mass is 19.4. The van der Waals surface area contributed by atoms with E-state index < -0.39 is 23.2 Å². The molecule has 0 bridgehead atoms. The Hall–Kier alpha value is -2.68. The largest absolute Gasteiger partial charge is 0.418 e. The van der Waals surface area contributed by atoms with Gasteiger partial charge in [0.1, 0.15) is 17.3 Å². The Morgan fingerprint density at radius 1 is 1.35 bits per heavy atom. The minimum Gasteiger partial charge on any atom is -0.383 e. The maximum Gasteiger partial charge on any atom is 0.418 e. The van der Waals surface area contributed by atoms with Gasteiger partial charge in [0.25, 0.3) is 0 Å². The normalized spacial score (nSPS) is 17.3. The van der Waals surface area contributed by atoms with E-state index in [2.05, 4.69) is 20.6 Å². The summed E-state index contributed by atoms with van der Waals surface area (Å²) in [6, 6.07) is 4.86. The maximum absolute atomic E-state index is 13.3. The molecular weight excluding hydrogens is 347 g/mol. The summed E-state index contributed by atoms with van der Waals surface area (Å²) >= 11 is 0. The van der Waals surface area contributed by atoms with Crippen molar-refractivity contribution in [1.82, 2.24) is 15.3 Å². The molecule has 0 aromatic carbocycles. The standard InChI is InChI=1S/C17H18F3N5O/c18-17(19,20)12-3-4-13(24-9-10-5-7-22-8-10)25-14(12)15(26)11-2-1-6-23-16(11)21/h1-4,6,10,22H,5,7-9H2,(H2,21,23)(H,24,25). The minimum absolute atomic E-state index is 0.109. The van der Waals surface area contributed by atoms with Crippen LogP contribution in [0.25, 0.3) is 0 Å². The molecule has 1 aliphatic heterocycles. The van der Waals surface area contributed by atoms with Crippen LogP contribution < -0.4 is 16.4 Å². The van der Waals surface area contributed by atoms with Gasteiger partial charge in [0.05, 0.1) is 11.1 Å². The van der Waals surface area contributed by atoms with Gasteiger partial charge in [0, 0.05) is 12.7 Å². The van der Waals surface area contributed by atoms with E-state index >= 15 is 0 Å². The number of nitrogens with one attached hydrogen (secondary N) is 2. The lowest BCUT2D eigenvalue weighted by Crippen LogP contribution is -2.20. The molecule has 4 N–H and O–H groups in total. The van der Waals surface area contributed by atoms with Crippen LogP contribution in [0.1, 0.15) is 28.0 Å². The van der Waals surface area contributed by atoms with Gasteiger partial charge in [0.15, 0.2) is 0 Å². The molecule has 3 rings (SSSR count). The number of ketones is 1. The summed E-state index contributed by atoms with van der Waals surface area (Å²) in [6.07, 6.45) is -2.37. The number of hydrogen-bond acceptors (Lipinski definition) is 6. The van der Waals surface area contributed by atoms with Gasteiger partial charge in [-0.1, -0.05) is 0 Å². The predicted molar refractivity (Wildman–Crippen MR) is 90.8 cm³/mol. The third kappa shape index (κ3) is 3.93. The molecule has 1 fully saturated rings. The van der Waals surface area contributed by atoms with Crippen LogP contribution in [-0.4, -0.2) is 35.4 Å². The number of pyridine rings is 2. The number of carbonyl (C=O) groups is 1. The van der Waals surface area contributed by atoms with E-state index in [-0.39, 0.29) is 17.2 Å². The van der Waals surface area contributed by atoms with Gasteiger partial charge in [-0.05, 0) is 49.7 Å². The van der Waals surface area contributed by atoms with Crippen LogP contribution in [0, 0.1) is 5.92 Å². The highest BCUT2D eigenvalue weighted by Gasteiger charge is 2.37. The van der Waals surface area contributed by atoms with Crippen LogP contribution >= 0.6 is 0 Å². The predicted octanol–water partition coefficient (Wildman–Crippen LogP) is 2.33. The van der Waals surface area contributed by atoms with Gasteiger partial charge >= 0.3 is 6.18 Å². The average Bonchev–Trinajstić information content (AvgIpc) is 3.12. The summed E-state index contributed by atoms with van der Waals surface area (Å²) in [5.41, 5.74) is 3.74. The van der Waals surface area contributed by atoms with Crippen molar-refractivity contribution in [3.8, 4) is 0 Å². The van der Waals surface area contributed by atoms with Crippen LogP contribution in [0.3, 0.4) is 0 Å². The number of nitrogen functional groups attached to an aromatic ring is 1. The molecule has 2 aromatic rings. The SMILES string of the molecule is Nc1ncccc1C(=O)c1nc(NCC2CCNC2)ccc1C(F)(F)F. The summed E-state index contributed by atoms with van der Waals surface area (Å²) in [6.45, 7) is 2.32. The van der Waals surface area contributed by atoms with Gasteiger partial charge in [-0.2, -0.15) is 13.2 Å². The van der Waals surface area contributed by atoms with E-state index in [1.165, 1.54) is 24.4 Å². The van der Waals surface area contributed by atoms with Gasteiger partial charge in [-0.25, -0.2) is 9.97 Å². The van der Waals surface area contributed by atoms with Crippen molar-refractivity contribution in [2.24, 2.45) is 5.92 Å². The molecule has 0 radical (unpaired) electrons. The molecule has 6 nitrogen and oxygen atoms in total. The monoisotopic (exact) mass is 365 g/mol. The fraction of sp³-hybridized carbons (Fsp3) is 0.353. The van der Waals surface area contributed by atoms with Crippen molar-refractivity contribution in [3.05, 3.63) is 47.3 Å². The second-order valence-corrected chi connectivity index (χ2v) is 6.10. The molecule has 1 unspecified atom stereocenters. The molecule has 9 heteroatoms. The van der Waals surface area contributed by atoms with Crippen molar-refractivity contribution in [1.29, 1.82) is 0 Å². The van der Waals surface area contributed by atoms with E-state index in [0.717, 1.165) is 25.6 Å².